The molecular weight excluding hydrogens is 352 g/mol. The molecule has 2 aromatic rings. The second-order valence-electron chi connectivity index (χ2n) is 5.28. The smallest absolute Gasteiger partial charge is 0.241 e. The van der Waals surface area contributed by atoms with Crippen LogP contribution in [0.5, 0.6) is 0 Å². The molecule has 2 aromatic heterocycles. The summed E-state index contributed by atoms with van der Waals surface area (Å²) in [5, 5.41) is 10.6. The van der Waals surface area contributed by atoms with E-state index in [4.69, 9.17) is 0 Å². The molecule has 112 valence electrons. The Hall–Kier alpha value is -1.34. The largest absolute Gasteiger partial charge is 0.375 e. The topological polar surface area (TPSA) is 59.0 Å². The summed E-state index contributed by atoms with van der Waals surface area (Å²) >= 11 is 5.18. The Labute approximate surface area is 135 Å². The Balaban J connectivity index is 1.55. The molecule has 3 rings (SSSR count). The van der Waals surface area contributed by atoms with E-state index in [1.54, 1.807) is 22.2 Å². The van der Waals surface area contributed by atoms with Crippen LogP contribution < -0.4 is 10.6 Å². The van der Waals surface area contributed by atoms with Gasteiger partial charge >= 0.3 is 0 Å². The van der Waals surface area contributed by atoms with Gasteiger partial charge in [0.05, 0.1) is 21.7 Å². The molecular formula is C14H17BrN4OS. The molecule has 0 radical (unpaired) electrons. The molecule has 2 N–H and O–H groups in total. The Morgan fingerprint density at radius 2 is 2.38 bits per heavy atom. The van der Waals surface area contributed by atoms with Crippen molar-refractivity contribution in [2.24, 2.45) is 0 Å². The van der Waals surface area contributed by atoms with E-state index in [1.165, 1.54) is 4.88 Å². The monoisotopic (exact) mass is 368 g/mol. The second-order valence-corrected chi connectivity index (χ2v) is 7.77. The van der Waals surface area contributed by atoms with Gasteiger partial charge in [-0.05, 0) is 47.8 Å². The number of thiophene rings is 1. The lowest BCUT2D eigenvalue weighted by atomic mass is 10.3. The summed E-state index contributed by atoms with van der Waals surface area (Å²) in [6.45, 7) is 2.38. The summed E-state index contributed by atoms with van der Waals surface area (Å²) in [6, 6.07) is 4.74. The van der Waals surface area contributed by atoms with Gasteiger partial charge in [0, 0.05) is 17.1 Å². The molecule has 1 amide bonds. The zero-order chi connectivity index (χ0) is 14.8. The minimum atomic E-state index is 0.0300. The van der Waals surface area contributed by atoms with Gasteiger partial charge in [0.25, 0.3) is 0 Å². The highest BCUT2D eigenvalue weighted by Gasteiger charge is 2.23. The average molecular weight is 369 g/mol. The Bertz CT molecular complexity index is 634. The quantitative estimate of drug-likeness (QED) is 0.823. The van der Waals surface area contributed by atoms with Crippen LogP contribution in [0, 0.1) is 0 Å². The first-order valence-corrected chi connectivity index (χ1v) is 8.54. The van der Waals surface area contributed by atoms with Crippen molar-refractivity contribution >= 4 is 38.9 Å². The lowest BCUT2D eigenvalue weighted by Crippen LogP contribution is -2.29. The zero-order valence-electron chi connectivity index (χ0n) is 11.7. The Morgan fingerprint density at radius 3 is 3.05 bits per heavy atom. The number of nitrogens with zero attached hydrogens (tertiary/aromatic N) is 2. The molecule has 7 heteroatoms. The van der Waals surface area contributed by atoms with Crippen LogP contribution in [0.2, 0.25) is 0 Å². The van der Waals surface area contributed by atoms with Gasteiger partial charge in [0.1, 0.15) is 6.54 Å². The summed E-state index contributed by atoms with van der Waals surface area (Å²) in [5.41, 5.74) is 0.922. The van der Waals surface area contributed by atoms with Gasteiger partial charge in [-0.3, -0.25) is 9.48 Å². The number of rotatable bonds is 6. The molecule has 0 spiro atoms. The summed E-state index contributed by atoms with van der Waals surface area (Å²) in [6.07, 6.45) is 5.83. The van der Waals surface area contributed by atoms with Crippen LogP contribution in [0.1, 0.15) is 30.7 Å². The molecule has 1 fully saturated rings. The maximum absolute atomic E-state index is 11.7. The number of hydrogen-bond acceptors (Lipinski definition) is 4. The van der Waals surface area contributed by atoms with Crippen LogP contribution in [0.15, 0.2) is 28.3 Å². The molecule has 2 heterocycles. The van der Waals surface area contributed by atoms with E-state index in [0.29, 0.717) is 6.04 Å². The molecule has 5 nitrogen and oxygen atoms in total. The molecule has 1 atom stereocenters. The van der Waals surface area contributed by atoms with Crippen LogP contribution >= 0.6 is 27.3 Å². The zero-order valence-corrected chi connectivity index (χ0v) is 14.1. The van der Waals surface area contributed by atoms with Gasteiger partial charge in [-0.25, -0.2) is 0 Å². The first-order valence-electron chi connectivity index (χ1n) is 6.94. The maximum Gasteiger partial charge on any atom is 0.241 e. The van der Waals surface area contributed by atoms with Crippen molar-refractivity contribution in [1.82, 2.24) is 15.1 Å². The Kier molecular flexibility index (Phi) is 4.30. The number of halogens is 1. The number of carbonyl (C=O) groups is 1. The number of hydrogen-bond donors (Lipinski definition) is 2. The highest BCUT2D eigenvalue weighted by atomic mass is 79.9. The van der Waals surface area contributed by atoms with Crippen molar-refractivity contribution < 1.29 is 4.79 Å². The molecule has 1 aliphatic carbocycles. The molecule has 21 heavy (non-hydrogen) atoms. The van der Waals surface area contributed by atoms with Crippen LogP contribution in [-0.4, -0.2) is 21.7 Å². The van der Waals surface area contributed by atoms with E-state index in [9.17, 15) is 4.79 Å². The second kappa shape index (κ2) is 6.19. The van der Waals surface area contributed by atoms with Crippen LogP contribution in [0.3, 0.4) is 0 Å². The summed E-state index contributed by atoms with van der Waals surface area (Å²) in [4.78, 5) is 13.0. The first-order chi connectivity index (χ1) is 10.1. The summed E-state index contributed by atoms with van der Waals surface area (Å²) < 4.78 is 2.79. The van der Waals surface area contributed by atoms with Crippen LogP contribution in [0.25, 0.3) is 0 Å². The van der Waals surface area contributed by atoms with Crippen molar-refractivity contribution in [3.05, 3.63) is 33.2 Å². The number of aromatic nitrogens is 2. The lowest BCUT2D eigenvalue weighted by molar-refractivity contribution is -0.122. The standard InChI is InChI=1S/C14H17BrN4OS/c1-9(12-4-5-13(15)21-12)17-11-6-16-19(7-11)8-14(20)18-10-2-3-10/h4-7,9-10,17H,2-3,8H2,1H3,(H,18,20). The fraction of sp³-hybridized carbons (Fsp3) is 0.429. The van der Waals surface area contributed by atoms with Crippen molar-refractivity contribution in [2.45, 2.75) is 38.4 Å². The number of anilines is 1. The van der Waals surface area contributed by atoms with Crippen molar-refractivity contribution in [2.75, 3.05) is 5.32 Å². The minimum absolute atomic E-state index is 0.0300. The minimum Gasteiger partial charge on any atom is -0.375 e. The summed E-state index contributed by atoms with van der Waals surface area (Å²) in [5.74, 6) is 0.0300. The van der Waals surface area contributed by atoms with Gasteiger partial charge in [-0.1, -0.05) is 0 Å². The normalized spacial score (nSPS) is 15.7. The highest BCUT2D eigenvalue weighted by molar-refractivity contribution is 9.11. The third-order valence-corrected chi connectivity index (χ3v) is 5.09. The highest BCUT2D eigenvalue weighted by Crippen LogP contribution is 2.29. The van der Waals surface area contributed by atoms with E-state index >= 15 is 0 Å². The van der Waals surface area contributed by atoms with Gasteiger partial charge in [-0.2, -0.15) is 5.10 Å². The van der Waals surface area contributed by atoms with E-state index in [0.717, 1.165) is 22.3 Å². The lowest BCUT2D eigenvalue weighted by Gasteiger charge is -2.11. The van der Waals surface area contributed by atoms with Gasteiger partial charge < -0.3 is 10.6 Å². The average Bonchev–Trinajstić information content (AvgIpc) is 2.95. The van der Waals surface area contributed by atoms with Crippen molar-refractivity contribution in [1.29, 1.82) is 0 Å². The van der Waals surface area contributed by atoms with E-state index in [2.05, 4.69) is 44.7 Å². The number of nitrogens with one attached hydrogen (secondary N) is 2. The van der Waals surface area contributed by atoms with E-state index in [1.807, 2.05) is 12.3 Å². The Morgan fingerprint density at radius 1 is 1.57 bits per heavy atom. The predicted octanol–water partition coefficient (Wildman–Crippen LogP) is 3.16. The van der Waals surface area contributed by atoms with Crippen LogP contribution in [-0.2, 0) is 11.3 Å². The third-order valence-electron chi connectivity index (χ3n) is 3.29. The molecule has 0 bridgehead atoms. The van der Waals surface area contributed by atoms with Gasteiger partial charge in [0.15, 0.2) is 0 Å². The van der Waals surface area contributed by atoms with E-state index in [-0.39, 0.29) is 18.5 Å². The van der Waals surface area contributed by atoms with Crippen LogP contribution in [0.4, 0.5) is 5.69 Å². The maximum atomic E-state index is 11.7. The fourth-order valence-electron chi connectivity index (χ4n) is 2.05. The first kappa shape index (κ1) is 14.6. The molecule has 1 unspecified atom stereocenters. The number of carbonyl (C=O) groups excluding carboxylic acids is 1. The van der Waals surface area contributed by atoms with Gasteiger partial charge in [0.2, 0.25) is 5.91 Å². The third kappa shape index (κ3) is 4.07. The van der Waals surface area contributed by atoms with Crippen molar-refractivity contribution in [3.63, 3.8) is 0 Å². The molecule has 1 saturated carbocycles. The molecule has 0 aromatic carbocycles. The number of amides is 1. The van der Waals surface area contributed by atoms with Gasteiger partial charge in [-0.15, -0.1) is 11.3 Å². The molecule has 0 saturated heterocycles. The van der Waals surface area contributed by atoms with E-state index < -0.39 is 0 Å². The molecule has 0 aliphatic heterocycles. The predicted molar refractivity (Wildman–Crippen MR) is 87.4 cm³/mol. The van der Waals surface area contributed by atoms with Crippen molar-refractivity contribution in [3.8, 4) is 0 Å². The molecule has 1 aliphatic rings. The SMILES string of the molecule is CC(Nc1cnn(CC(=O)NC2CC2)c1)c1ccc(Br)s1. The fourth-order valence-corrected chi connectivity index (χ4v) is 3.48. The summed E-state index contributed by atoms with van der Waals surface area (Å²) in [7, 11) is 0.